The van der Waals surface area contributed by atoms with Crippen molar-refractivity contribution in [1.82, 2.24) is 21.4 Å². The molecule has 114 valence electrons. The van der Waals surface area contributed by atoms with Crippen LogP contribution in [0.3, 0.4) is 0 Å². The highest BCUT2D eigenvalue weighted by atomic mass is 35.5. The molecule has 2 aromatic rings. The number of nitrogens with one attached hydrogen (secondary N) is 3. The van der Waals surface area contributed by atoms with Gasteiger partial charge in [-0.05, 0) is 30.7 Å². The van der Waals surface area contributed by atoms with Crippen molar-refractivity contribution < 1.29 is 4.74 Å². The first-order chi connectivity index (χ1) is 10.7. The largest absolute Gasteiger partial charge is 0.431 e. The molecule has 8 heteroatoms. The zero-order chi connectivity index (χ0) is 15.5. The van der Waals surface area contributed by atoms with Crippen LogP contribution in [-0.4, -0.2) is 11.0 Å². The summed E-state index contributed by atoms with van der Waals surface area (Å²) < 4.78 is 5.78. The number of nitriles is 1. The zero-order valence-electron chi connectivity index (χ0n) is 11.8. The Balaban J connectivity index is 1.85. The van der Waals surface area contributed by atoms with E-state index >= 15 is 0 Å². The third kappa shape index (κ3) is 3.06. The van der Waals surface area contributed by atoms with Gasteiger partial charge in [0.15, 0.2) is 0 Å². The maximum absolute atomic E-state index is 9.17. The molecule has 6 nitrogen and oxygen atoms in total. The topological polar surface area (TPSA) is 82.0 Å². The van der Waals surface area contributed by atoms with Gasteiger partial charge in [-0.3, -0.25) is 0 Å². The molecule has 1 saturated heterocycles. The van der Waals surface area contributed by atoms with Crippen LogP contribution in [0.2, 0.25) is 5.02 Å². The molecule has 1 aliphatic heterocycles. The molecule has 0 aliphatic carbocycles. The van der Waals surface area contributed by atoms with E-state index in [4.69, 9.17) is 21.6 Å². The Morgan fingerprint density at radius 2 is 2.14 bits per heavy atom. The van der Waals surface area contributed by atoms with E-state index in [0.29, 0.717) is 16.0 Å². The van der Waals surface area contributed by atoms with Gasteiger partial charge >= 0.3 is 0 Å². The Labute approximate surface area is 137 Å². The molecule has 0 radical (unpaired) electrons. The van der Waals surface area contributed by atoms with Crippen molar-refractivity contribution in [1.29, 1.82) is 5.26 Å². The standard InChI is InChI=1S/C14H14ClN5OS/c1-2-11-13(12-10(7-16)18-20-19-12)17-14(22-11)21-9-5-3-8(15)4-6-9/h3-6,10,12,18-20H,2H2,1H3. The average molecular weight is 336 g/mol. The highest BCUT2D eigenvalue weighted by molar-refractivity contribution is 7.13. The maximum Gasteiger partial charge on any atom is 0.279 e. The Kier molecular flexibility index (Phi) is 4.57. The summed E-state index contributed by atoms with van der Waals surface area (Å²) in [6.45, 7) is 2.06. The first-order valence-corrected chi connectivity index (χ1v) is 7.99. The predicted molar refractivity (Wildman–Crippen MR) is 84.6 cm³/mol. The summed E-state index contributed by atoms with van der Waals surface area (Å²) in [5.41, 5.74) is 9.49. The lowest BCUT2D eigenvalue weighted by Gasteiger charge is -2.10. The van der Waals surface area contributed by atoms with Gasteiger partial charge in [0, 0.05) is 9.90 Å². The minimum Gasteiger partial charge on any atom is -0.431 e. The smallest absolute Gasteiger partial charge is 0.279 e. The fourth-order valence-electron chi connectivity index (χ4n) is 2.18. The molecule has 22 heavy (non-hydrogen) atoms. The lowest BCUT2D eigenvalue weighted by Crippen LogP contribution is -2.32. The maximum atomic E-state index is 9.17. The summed E-state index contributed by atoms with van der Waals surface area (Å²) in [7, 11) is 0. The van der Waals surface area contributed by atoms with Crippen molar-refractivity contribution in [3.05, 3.63) is 39.9 Å². The number of hydrogen-bond acceptors (Lipinski definition) is 7. The van der Waals surface area contributed by atoms with E-state index < -0.39 is 0 Å². The van der Waals surface area contributed by atoms with Crippen LogP contribution >= 0.6 is 22.9 Å². The van der Waals surface area contributed by atoms with Crippen LogP contribution in [0.4, 0.5) is 0 Å². The van der Waals surface area contributed by atoms with Gasteiger partial charge in [0.05, 0.1) is 17.8 Å². The Bertz CT molecular complexity index is 696. The molecule has 1 fully saturated rings. The predicted octanol–water partition coefficient (Wildman–Crippen LogP) is 2.70. The van der Waals surface area contributed by atoms with Crippen molar-refractivity contribution in [2.45, 2.75) is 25.4 Å². The lowest BCUT2D eigenvalue weighted by molar-refractivity contribution is 0.471. The van der Waals surface area contributed by atoms with Gasteiger partial charge in [-0.25, -0.2) is 15.8 Å². The minimum atomic E-state index is -0.379. The molecular formula is C14H14ClN5OS. The van der Waals surface area contributed by atoms with Crippen molar-refractivity contribution in [3.8, 4) is 17.0 Å². The van der Waals surface area contributed by atoms with Gasteiger partial charge in [-0.15, -0.1) is 0 Å². The molecule has 2 heterocycles. The monoisotopic (exact) mass is 335 g/mol. The van der Waals surface area contributed by atoms with Gasteiger partial charge in [-0.2, -0.15) is 10.8 Å². The minimum absolute atomic E-state index is 0.209. The SMILES string of the molecule is CCc1sc(Oc2ccc(Cl)cc2)nc1C1NNNC1C#N. The van der Waals surface area contributed by atoms with Crippen LogP contribution in [0.1, 0.15) is 23.5 Å². The molecule has 0 bridgehead atoms. The number of benzene rings is 1. The second-order valence-corrected chi connectivity index (χ2v) is 6.18. The summed E-state index contributed by atoms with van der Waals surface area (Å²) in [5.74, 6) is 0.680. The number of halogens is 1. The summed E-state index contributed by atoms with van der Waals surface area (Å²) in [4.78, 5) is 5.64. The van der Waals surface area contributed by atoms with E-state index in [9.17, 15) is 0 Å². The summed E-state index contributed by atoms with van der Waals surface area (Å²) in [5, 5.41) is 10.4. The van der Waals surface area contributed by atoms with Crippen molar-refractivity contribution >= 4 is 22.9 Å². The van der Waals surface area contributed by atoms with Gasteiger partial charge in [0.25, 0.3) is 5.19 Å². The fourth-order valence-corrected chi connectivity index (χ4v) is 3.22. The number of thiazole rings is 1. The van der Waals surface area contributed by atoms with Gasteiger partial charge in [0.1, 0.15) is 11.8 Å². The van der Waals surface area contributed by atoms with Crippen LogP contribution in [0, 0.1) is 11.3 Å². The second-order valence-electron chi connectivity index (χ2n) is 4.70. The zero-order valence-corrected chi connectivity index (χ0v) is 13.3. The first kappa shape index (κ1) is 15.2. The van der Waals surface area contributed by atoms with Gasteiger partial charge in [-0.1, -0.05) is 29.9 Å². The van der Waals surface area contributed by atoms with E-state index in [2.05, 4.69) is 34.4 Å². The number of aryl methyl sites for hydroxylation is 1. The van der Waals surface area contributed by atoms with E-state index in [0.717, 1.165) is 17.0 Å². The van der Waals surface area contributed by atoms with Crippen LogP contribution in [-0.2, 0) is 6.42 Å². The molecule has 2 atom stereocenters. The molecule has 1 aliphatic rings. The third-order valence-corrected chi connectivity index (χ3v) is 4.62. The summed E-state index contributed by atoms with van der Waals surface area (Å²) >= 11 is 7.35. The van der Waals surface area contributed by atoms with Gasteiger partial charge in [0.2, 0.25) is 0 Å². The Morgan fingerprint density at radius 3 is 2.82 bits per heavy atom. The normalized spacial score (nSPS) is 20.8. The van der Waals surface area contributed by atoms with Crippen LogP contribution < -0.4 is 21.1 Å². The number of nitrogens with zero attached hydrogens (tertiary/aromatic N) is 2. The summed E-state index contributed by atoms with van der Waals surface area (Å²) in [6, 6.07) is 8.74. The second kappa shape index (κ2) is 6.60. The summed E-state index contributed by atoms with van der Waals surface area (Å²) in [6.07, 6.45) is 0.827. The number of aromatic nitrogens is 1. The van der Waals surface area contributed by atoms with Crippen molar-refractivity contribution in [3.63, 3.8) is 0 Å². The molecule has 2 unspecified atom stereocenters. The molecular weight excluding hydrogens is 322 g/mol. The lowest BCUT2D eigenvalue weighted by atomic mass is 10.1. The Hall–Kier alpha value is -1.69. The molecule has 0 saturated carbocycles. The quantitative estimate of drug-likeness (QED) is 0.797. The van der Waals surface area contributed by atoms with Crippen LogP contribution in [0.25, 0.3) is 0 Å². The average Bonchev–Trinajstić information content (AvgIpc) is 3.15. The van der Waals surface area contributed by atoms with Crippen LogP contribution in [0.15, 0.2) is 24.3 Å². The molecule has 3 rings (SSSR count). The number of hydrazine groups is 2. The first-order valence-electron chi connectivity index (χ1n) is 6.80. The third-order valence-electron chi connectivity index (χ3n) is 3.27. The molecule has 3 N–H and O–H groups in total. The number of ether oxygens (including phenoxy) is 1. The fraction of sp³-hybridized carbons (Fsp3) is 0.286. The van der Waals surface area contributed by atoms with Crippen molar-refractivity contribution in [2.75, 3.05) is 0 Å². The highest BCUT2D eigenvalue weighted by Gasteiger charge is 2.32. The number of rotatable bonds is 4. The van der Waals surface area contributed by atoms with Crippen LogP contribution in [0.5, 0.6) is 10.9 Å². The van der Waals surface area contributed by atoms with E-state index in [1.54, 1.807) is 24.3 Å². The molecule has 1 aromatic carbocycles. The van der Waals surface area contributed by atoms with E-state index in [1.165, 1.54) is 11.3 Å². The van der Waals surface area contributed by atoms with E-state index in [-0.39, 0.29) is 12.1 Å². The molecule has 0 spiro atoms. The number of hydrogen-bond donors (Lipinski definition) is 3. The molecule has 0 amide bonds. The van der Waals surface area contributed by atoms with E-state index in [1.807, 2.05) is 0 Å². The van der Waals surface area contributed by atoms with Gasteiger partial charge < -0.3 is 4.74 Å². The Morgan fingerprint density at radius 1 is 1.36 bits per heavy atom. The molecule has 1 aromatic heterocycles. The van der Waals surface area contributed by atoms with Crippen molar-refractivity contribution in [2.24, 2.45) is 0 Å². The highest BCUT2D eigenvalue weighted by Crippen LogP contribution is 2.34.